The van der Waals surface area contributed by atoms with Gasteiger partial charge in [-0.3, -0.25) is 14.6 Å². The number of nitrogens with two attached hydrogens (primary N) is 1. The van der Waals surface area contributed by atoms with Crippen LogP contribution in [-0.2, 0) is 13.6 Å². The molecule has 4 atom stereocenters. The molecule has 0 spiro atoms. The summed E-state index contributed by atoms with van der Waals surface area (Å²) in [6.45, 7) is 3.16. The van der Waals surface area contributed by atoms with Crippen LogP contribution in [0.25, 0.3) is 33.6 Å². The second kappa shape index (κ2) is 12.4. The first-order valence-electron chi connectivity index (χ1n) is 17.3. The smallest absolute Gasteiger partial charge is 0.280 e. The number of aryl methyl sites for hydroxylation is 1. The standard InChI is InChI=1S/C37H40F2N8O3/c1-19(42-36(48)23-8-11-28(33(38)39)41-16-23)27-10-7-22-14-30(47(34(22)43-27)17-20-4-5-20)35-44-29-13-24(15-31(50-3)32(29)45(35)2)37(49)46-18-26(40)21-6-9-25(46)12-21/h7-8,10-11,13-16,19-21,25-26,33H,4-6,9,12,17-18,40H2,1-3H3,(H,42,48)/t19-,21+,25-,26+/m1/s1. The maximum atomic E-state index is 13.9. The van der Waals surface area contributed by atoms with Gasteiger partial charge in [0.15, 0.2) is 5.82 Å². The molecular weight excluding hydrogens is 642 g/mol. The zero-order valence-corrected chi connectivity index (χ0v) is 28.3. The Bertz CT molecular complexity index is 2120. The number of nitrogens with one attached hydrogen (secondary N) is 1. The lowest BCUT2D eigenvalue weighted by Gasteiger charge is -2.37. The molecule has 13 heteroatoms. The Morgan fingerprint density at radius 3 is 2.56 bits per heavy atom. The zero-order valence-electron chi connectivity index (χ0n) is 28.3. The molecule has 1 aliphatic heterocycles. The van der Waals surface area contributed by atoms with Crippen LogP contribution in [0.15, 0.2) is 48.7 Å². The summed E-state index contributed by atoms with van der Waals surface area (Å²) in [5, 5.41) is 3.85. The summed E-state index contributed by atoms with van der Waals surface area (Å²) < 4.78 is 35.9. The van der Waals surface area contributed by atoms with Crippen molar-refractivity contribution in [1.82, 2.24) is 34.3 Å². The number of halogens is 2. The number of fused-ring (bicyclic) bond motifs is 4. The van der Waals surface area contributed by atoms with Crippen LogP contribution in [0.4, 0.5) is 8.78 Å². The van der Waals surface area contributed by atoms with Crippen LogP contribution in [-0.4, -0.2) is 66.5 Å². The molecular formula is C37H40F2N8O3. The van der Waals surface area contributed by atoms with Crippen molar-refractivity contribution in [3.8, 4) is 17.3 Å². The summed E-state index contributed by atoms with van der Waals surface area (Å²) in [7, 11) is 3.56. The van der Waals surface area contributed by atoms with Gasteiger partial charge in [0, 0.05) is 49.4 Å². The Kier molecular flexibility index (Phi) is 8.04. The van der Waals surface area contributed by atoms with Gasteiger partial charge in [0.25, 0.3) is 18.2 Å². The molecule has 2 bridgehead atoms. The lowest BCUT2D eigenvalue weighted by Crippen LogP contribution is -2.51. The van der Waals surface area contributed by atoms with Gasteiger partial charge in [-0.1, -0.05) is 0 Å². The number of aromatic nitrogens is 5. The number of piperidine rings is 1. The predicted octanol–water partition coefficient (Wildman–Crippen LogP) is 5.78. The van der Waals surface area contributed by atoms with Gasteiger partial charge in [-0.15, -0.1) is 0 Å². The number of carbonyl (C=O) groups excluding carboxylic acids is 2. The highest BCUT2D eigenvalue weighted by Crippen LogP contribution is 2.40. The van der Waals surface area contributed by atoms with Gasteiger partial charge in [0.2, 0.25) is 0 Å². The van der Waals surface area contributed by atoms with E-state index < -0.39 is 18.4 Å². The molecule has 2 aliphatic carbocycles. The molecule has 1 saturated heterocycles. The molecule has 0 unspecified atom stereocenters. The minimum atomic E-state index is -2.70. The van der Waals surface area contributed by atoms with Crippen molar-refractivity contribution in [2.45, 2.75) is 70.1 Å². The molecule has 5 aromatic rings. The van der Waals surface area contributed by atoms with Gasteiger partial charge in [0.05, 0.1) is 35.6 Å². The van der Waals surface area contributed by atoms with Crippen LogP contribution in [0.3, 0.4) is 0 Å². The van der Waals surface area contributed by atoms with Crippen molar-refractivity contribution in [3.63, 3.8) is 0 Å². The molecule has 1 aromatic carbocycles. The van der Waals surface area contributed by atoms with Crippen molar-refractivity contribution in [2.24, 2.45) is 24.6 Å². The van der Waals surface area contributed by atoms with E-state index in [0.29, 0.717) is 40.9 Å². The van der Waals surface area contributed by atoms with E-state index in [-0.39, 0.29) is 29.2 Å². The number of nitrogens with zero attached hydrogens (tertiary/aromatic N) is 6. The molecule has 4 aromatic heterocycles. The molecule has 2 amide bonds. The Morgan fingerprint density at radius 2 is 1.84 bits per heavy atom. The number of likely N-dealkylation sites (tertiary alicyclic amines) is 1. The predicted molar refractivity (Wildman–Crippen MR) is 184 cm³/mol. The molecule has 3 aliphatic rings. The highest BCUT2D eigenvalue weighted by molar-refractivity contribution is 6.00. The summed E-state index contributed by atoms with van der Waals surface area (Å²) in [5.74, 6) is 1.85. The number of amides is 2. The second-order valence-corrected chi connectivity index (χ2v) is 14.1. The molecule has 5 heterocycles. The molecule has 11 nitrogen and oxygen atoms in total. The number of carbonyl (C=O) groups is 2. The van der Waals surface area contributed by atoms with Gasteiger partial charge >= 0.3 is 0 Å². The van der Waals surface area contributed by atoms with Crippen LogP contribution in [0.5, 0.6) is 5.75 Å². The summed E-state index contributed by atoms with van der Waals surface area (Å²) in [5.41, 5.74) is 10.6. The summed E-state index contributed by atoms with van der Waals surface area (Å²) in [6, 6.07) is 11.9. The molecule has 260 valence electrons. The molecule has 2 saturated carbocycles. The molecule has 50 heavy (non-hydrogen) atoms. The van der Waals surface area contributed by atoms with E-state index >= 15 is 0 Å². The van der Waals surface area contributed by atoms with Crippen molar-refractivity contribution < 1.29 is 23.1 Å². The first kappa shape index (κ1) is 32.3. The van der Waals surface area contributed by atoms with E-state index in [1.54, 1.807) is 7.11 Å². The van der Waals surface area contributed by atoms with Crippen molar-refractivity contribution in [1.29, 1.82) is 0 Å². The highest BCUT2D eigenvalue weighted by Gasteiger charge is 2.41. The van der Waals surface area contributed by atoms with E-state index in [1.165, 1.54) is 6.07 Å². The fourth-order valence-corrected chi connectivity index (χ4v) is 7.76. The highest BCUT2D eigenvalue weighted by atomic mass is 19.3. The van der Waals surface area contributed by atoms with Crippen molar-refractivity contribution in [2.75, 3.05) is 13.7 Å². The largest absolute Gasteiger partial charge is 0.494 e. The van der Waals surface area contributed by atoms with E-state index in [9.17, 15) is 18.4 Å². The number of hydrogen-bond acceptors (Lipinski definition) is 7. The Labute approximate surface area is 287 Å². The number of methoxy groups -OCH3 is 1. The first-order valence-corrected chi connectivity index (χ1v) is 17.3. The first-order chi connectivity index (χ1) is 24.1. The van der Waals surface area contributed by atoms with Crippen LogP contribution >= 0.6 is 0 Å². The SMILES string of the molecule is COc1cc(C(=O)N2C[C@H](N)[C@H]3CC[C@@H]2C3)cc2nc(-c3cc4ccc([C@@H](C)NC(=O)c5ccc(C(F)F)nc5)nc4n3CC3CC3)n(C)c12. The maximum Gasteiger partial charge on any atom is 0.280 e. The Morgan fingerprint density at radius 1 is 1.04 bits per heavy atom. The van der Waals surface area contributed by atoms with Crippen LogP contribution < -0.4 is 15.8 Å². The van der Waals surface area contributed by atoms with Crippen LogP contribution in [0, 0.1) is 11.8 Å². The summed E-state index contributed by atoms with van der Waals surface area (Å²) in [6.07, 6.45) is 3.73. The van der Waals surface area contributed by atoms with Gasteiger partial charge in [-0.25, -0.2) is 18.7 Å². The van der Waals surface area contributed by atoms with Crippen molar-refractivity contribution in [3.05, 3.63) is 71.2 Å². The molecule has 3 fully saturated rings. The zero-order chi connectivity index (χ0) is 34.8. The number of pyridine rings is 2. The lowest BCUT2D eigenvalue weighted by molar-refractivity contribution is 0.0603. The third kappa shape index (κ3) is 5.66. The summed E-state index contributed by atoms with van der Waals surface area (Å²) >= 11 is 0. The molecule has 8 rings (SSSR count). The van der Waals surface area contributed by atoms with E-state index in [4.69, 9.17) is 20.4 Å². The normalized spacial score (nSPS) is 20.9. The number of benzene rings is 1. The van der Waals surface area contributed by atoms with Crippen LogP contribution in [0.1, 0.15) is 83.6 Å². The average Bonchev–Trinajstić information content (AvgIpc) is 3.58. The van der Waals surface area contributed by atoms with Crippen molar-refractivity contribution >= 4 is 33.9 Å². The van der Waals surface area contributed by atoms with Gasteiger partial charge in [0.1, 0.15) is 22.6 Å². The van der Waals surface area contributed by atoms with Gasteiger partial charge < -0.3 is 29.8 Å². The topological polar surface area (TPSA) is 133 Å². The number of ether oxygens (including phenoxy) is 1. The minimum Gasteiger partial charge on any atom is -0.494 e. The fourth-order valence-electron chi connectivity index (χ4n) is 7.76. The Balaban J connectivity index is 1.13. The summed E-state index contributed by atoms with van der Waals surface area (Å²) in [4.78, 5) is 42.6. The fraction of sp³-hybridized carbons (Fsp3) is 0.432. The number of alkyl halides is 2. The molecule has 0 radical (unpaired) electrons. The third-order valence-electron chi connectivity index (χ3n) is 10.8. The van der Waals surface area contributed by atoms with Gasteiger partial charge in [-0.2, -0.15) is 0 Å². The second-order valence-electron chi connectivity index (χ2n) is 14.1. The monoisotopic (exact) mass is 682 g/mol. The number of hydrogen-bond donors (Lipinski definition) is 2. The quantitative estimate of drug-likeness (QED) is 0.201. The van der Waals surface area contributed by atoms with E-state index in [2.05, 4.69) is 20.9 Å². The minimum absolute atomic E-state index is 0.00342. The third-order valence-corrected chi connectivity index (χ3v) is 10.8. The lowest BCUT2D eigenvalue weighted by atomic mass is 9.94. The Hall–Kier alpha value is -4.91. The maximum absolute atomic E-state index is 13.9. The molecule has 3 N–H and O–H groups in total. The number of imidazole rings is 1. The van der Waals surface area contributed by atoms with E-state index in [0.717, 1.165) is 79.0 Å². The average molecular weight is 683 g/mol. The van der Waals surface area contributed by atoms with Crippen LogP contribution in [0.2, 0.25) is 0 Å². The number of rotatable bonds is 9. The van der Waals surface area contributed by atoms with Gasteiger partial charge in [-0.05, 0) is 93.3 Å². The van der Waals surface area contributed by atoms with E-state index in [1.807, 2.05) is 47.7 Å².